The molecule has 0 bridgehead atoms. The number of unbranched alkanes of at least 4 members (excludes halogenated alkanes) is 20. The van der Waals surface area contributed by atoms with Crippen molar-refractivity contribution in [2.24, 2.45) is 0 Å². The largest absolute Gasteiger partial charge is 0.372 e. The number of pyridine rings is 1. The lowest BCUT2D eigenvalue weighted by Gasteiger charge is -2.25. The fraction of sp³-hybridized carbons (Fsp3) is 0.542. The van der Waals surface area contributed by atoms with Gasteiger partial charge >= 0.3 is 0 Å². The van der Waals surface area contributed by atoms with Crippen LogP contribution in [0.4, 0.5) is 11.4 Å². The highest BCUT2D eigenvalue weighted by molar-refractivity contribution is 7.31. The van der Waals surface area contributed by atoms with E-state index in [0.29, 0.717) is 0 Å². The normalized spacial score (nSPS) is 11.7. The van der Waals surface area contributed by atoms with Crippen LogP contribution in [0.3, 0.4) is 0 Å². The smallest absolute Gasteiger partial charge is 0.132 e. The first kappa shape index (κ1) is 52.2. The Balaban J connectivity index is 0.996. The maximum absolute atomic E-state index is 5.10. The van der Waals surface area contributed by atoms with Crippen molar-refractivity contribution >= 4 is 77.5 Å². The Hall–Kier alpha value is -3.63. The maximum atomic E-state index is 5.10. The lowest BCUT2D eigenvalue weighted by molar-refractivity contribution is 0.575. The third-order valence-corrected chi connectivity index (χ3v) is 17.8. The van der Waals surface area contributed by atoms with Gasteiger partial charge in [0.05, 0.1) is 16.6 Å². The molecule has 0 fully saturated rings. The van der Waals surface area contributed by atoms with Crippen molar-refractivity contribution in [3.8, 4) is 41.9 Å². The minimum Gasteiger partial charge on any atom is -0.372 e. The average Bonchev–Trinajstić information content (AvgIpc) is 4.20. The van der Waals surface area contributed by atoms with Gasteiger partial charge in [0, 0.05) is 73.3 Å². The molecule has 0 N–H and O–H groups in total. The number of benzene rings is 2. The van der Waals surface area contributed by atoms with E-state index in [1.165, 1.54) is 212 Å². The standard InChI is InChI=1S/C59H81N5S4/c1-5-9-13-17-21-25-39-63(40-26-22-18-14-10-6-2)48-33-29-46(30-34-48)51-37-38-52(65-51)58-59-57(61-68-62-59)50(45-60-58)54-44-56-55(67-54)43-53(66-56)47-31-35-49(36-32-47)64(41-27-23-19-15-11-7-3)42-28-24-20-16-12-8-4/h29-38,43-45H,5-28,39-42H2,1-4H3. The number of hydrogen-bond acceptors (Lipinski definition) is 9. The van der Waals surface area contributed by atoms with E-state index < -0.39 is 0 Å². The van der Waals surface area contributed by atoms with Crippen molar-refractivity contribution in [2.75, 3.05) is 36.0 Å². The molecule has 0 unspecified atom stereocenters. The van der Waals surface area contributed by atoms with Gasteiger partial charge in [-0.15, -0.1) is 34.0 Å². The lowest BCUT2D eigenvalue weighted by Crippen LogP contribution is -2.25. The van der Waals surface area contributed by atoms with Crippen molar-refractivity contribution in [3.63, 3.8) is 0 Å². The predicted octanol–water partition coefficient (Wildman–Crippen LogP) is 20.1. The molecule has 7 aromatic rings. The topological polar surface area (TPSA) is 45.2 Å². The molecule has 0 radical (unpaired) electrons. The maximum Gasteiger partial charge on any atom is 0.132 e. The average molecular weight is 989 g/mol. The van der Waals surface area contributed by atoms with Crippen LogP contribution < -0.4 is 9.80 Å². The summed E-state index contributed by atoms with van der Waals surface area (Å²) in [5, 5.41) is 0. The highest BCUT2D eigenvalue weighted by Gasteiger charge is 2.20. The van der Waals surface area contributed by atoms with Gasteiger partial charge in [0.25, 0.3) is 0 Å². The number of fused-ring (bicyclic) bond motifs is 2. The number of thiophene rings is 3. The van der Waals surface area contributed by atoms with Gasteiger partial charge in [0.1, 0.15) is 16.7 Å². The van der Waals surface area contributed by atoms with Crippen molar-refractivity contribution in [3.05, 3.63) is 79.0 Å². The lowest BCUT2D eigenvalue weighted by atomic mass is 10.1. The van der Waals surface area contributed by atoms with Crippen LogP contribution in [-0.4, -0.2) is 39.9 Å². The zero-order valence-corrected chi connectivity index (χ0v) is 45.4. The zero-order chi connectivity index (χ0) is 47.2. The molecule has 68 heavy (non-hydrogen) atoms. The summed E-state index contributed by atoms with van der Waals surface area (Å²) in [6, 6.07) is 28.0. The molecule has 0 spiro atoms. The summed E-state index contributed by atoms with van der Waals surface area (Å²) in [5.41, 5.74) is 9.15. The molecule has 5 heterocycles. The molecule has 0 saturated carbocycles. The van der Waals surface area contributed by atoms with Gasteiger partial charge in [-0.1, -0.05) is 180 Å². The first-order chi connectivity index (χ1) is 33.6. The third kappa shape index (κ3) is 15.2. The Bertz CT molecular complexity index is 2390. The van der Waals surface area contributed by atoms with Crippen molar-refractivity contribution in [2.45, 2.75) is 182 Å². The van der Waals surface area contributed by atoms with Crippen LogP contribution in [0, 0.1) is 0 Å². The Kier molecular flexibility index (Phi) is 22.2. The summed E-state index contributed by atoms with van der Waals surface area (Å²) in [6.07, 6.45) is 34.2. The Morgan fingerprint density at radius 3 is 1.26 bits per heavy atom. The molecule has 0 aliphatic rings. The number of aromatic nitrogens is 3. The van der Waals surface area contributed by atoms with Crippen LogP contribution in [-0.2, 0) is 0 Å². The highest BCUT2D eigenvalue weighted by atomic mass is 32.1. The minimum atomic E-state index is 0.899. The summed E-state index contributed by atoms with van der Waals surface area (Å²) in [4.78, 5) is 15.3. The molecule has 7 rings (SSSR count). The van der Waals surface area contributed by atoms with Crippen LogP contribution in [0.15, 0.2) is 79.0 Å². The van der Waals surface area contributed by atoms with Gasteiger partial charge in [-0.25, -0.2) is 0 Å². The van der Waals surface area contributed by atoms with E-state index in [4.69, 9.17) is 13.7 Å². The van der Waals surface area contributed by atoms with E-state index in [-0.39, 0.29) is 0 Å². The molecular formula is C59H81N5S4. The predicted molar refractivity (Wildman–Crippen MR) is 306 cm³/mol. The Labute approximate surface area is 427 Å². The first-order valence-electron chi connectivity index (χ1n) is 27.1. The molecule has 5 nitrogen and oxygen atoms in total. The van der Waals surface area contributed by atoms with E-state index >= 15 is 0 Å². The third-order valence-electron chi connectivity index (χ3n) is 13.8. The molecule has 0 atom stereocenters. The number of hydrogen-bond donors (Lipinski definition) is 0. The molecule has 2 aromatic carbocycles. The van der Waals surface area contributed by atoms with Gasteiger partial charge in [-0.3, -0.25) is 4.98 Å². The van der Waals surface area contributed by atoms with Crippen LogP contribution in [0.25, 0.3) is 62.3 Å². The van der Waals surface area contributed by atoms with E-state index in [0.717, 1.165) is 53.3 Å². The van der Waals surface area contributed by atoms with Crippen LogP contribution in [0.1, 0.15) is 182 Å². The molecular weight excluding hydrogens is 907 g/mol. The molecule has 0 aliphatic heterocycles. The monoisotopic (exact) mass is 988 g/mol. The van der Waals surface area contributed by atoms with E-state index in [2.05, 4.69) is 110 Å². The van der Waals surface area contributed by atoms with Crippen molar-refractivity contribution in [1.29, 1.82) is 0 Å². The molecule has 0 amide bonds. The van der Waals surface area contributed by atoms with Crippen LogP contribution in [0.5, 0.6) is 0 Å². The zero-order valence-electron chi connectivity index (χ0n) is 42.2. The highest BCUT2D eigenvalue weighted by Crippen LogP contribution is 2.45. The molecule has 0 saturated heterocycles. The Morgan fingerprint density at radius 1 is 0.382 bits per heavy atom. The van der Waals surface area contributed by atoms with E-state index in [1.54, 1.807) is 11.3 Å². The van der Waals surface area contributed by atoms with Crippen molar-refractivity contribution in [1.82, 2.24) is 13.7 Å². The Morgan fingerprint density at radius 2 is 0.779 bits per heavy atom. The summed E-state index contributed by atoms with van der Waals surface area (Å²) in [5.74, 6) is 0. The first-order valence-corrected chi connectivity index (χ1v) is 30.2. The van der Waals surface area contributed by atoms with Gasteiger partial charge in [0.2, 0.25) is 0 Å². The SMILES string of the molecule is CCCCCCCCN(CCCCCCCC)c1ccc(-c2ccc(-c3ncc(-c4cc5sc(-c6ccc(N(CCCCCCCC)CCCCCCCC)cc6)cc5s4)c4nsnc34)s2)cc1. The molecule has 0 aliphatic carbocycles. The summed E-state index contributed by atoms with van der Waals surface area (Å²) < 4.78 is 12.3. The second-order valence-corrected chi connectivity index (χ2v) is 23.0. The molecule has 5 aromatic heterocycles. The number of anilines is 2. The van der Waals surface area contributed by atoms with E-state index in [9.17, 15) is 0 Å². The van der Waals surface area contributed by atoms with E-state index in [1.807, 2.05) is 28.9 Å². The second-order valence-electron chi connectivity index (χ2n) is 19.2. The number of rotatable bonds is 34. The van der Waals surface area contributed by atoms with Crippen LogP contribution in [0.2, 0.25) is 0 Å². The quantitative estimate of drug-likeness (QED) is 0.0376. The number of nitrogens with zero attached hydrogens (tertiary/aromatic N) is 5. The fourth-order valence-corrected chi connectivity index (χ4v) is 13.6. The fourth-order valence-electron chi connectivity index (χ4n) is 9.61. The summed E-state index contributed by atoms with van der Waals surface area (Å²) in [7, 11) is 0. The van der Waals surface area contributed by atoms with Gasteiger partial charge in [-0.05, 0) is 85.3 Å². The van der Waals surface area contributed by atoms with Gasteiger partial charge in [-0.2, -0.15) is 8.75 Å². The van der Waals surface area contributed by atoms with Gasteiger partial charge in [0.15, 0.2) is 0 Å². The summed E-state index contributed by atoms with van der Waals surface area (Å²) in [6.45, 7) is 13.8. The molecule has 366 valence electrons. The van der Waals surface area contributed by atoms with Crippen LogP contribution >= 0.6 is 45.7 Å². The molecule has 9 heteroatoms. The second kappa shape index (κ2) is 28.9. The summed E-state index contributed by atoms with van der Waals surface area (Å²) >= 11 is 6.83. The van der Waals surface area contributed by atoms with Gasteiger partial charge < -0.3 is 9.80 Å². The minimum absolute atomic E-state index is 0.899. The van der Waals surface area contributed by atoms with Crippen molar-refractivity contribution < 1.29 is 0 Å².